The number of aromatic amines is 1. The van der Waals surface area contributed by atoms with Crippen molar-refractivity contribution in [2.45, 2.75) is 0 Å². The van der Waals surface area contributed by atoms with Gasteiger partial charge in [-0.15, -0.1) is 0 Å². The van der Waals surface area contributed by atoms with Crippen LogP contribution in [0.25, 0.3) is 21.9 Å². The van der Waals surface area contributed by atoms with Crippen LogP contribution in [-0.2, 0) is 7.05 Å². The van der Waals surface area contributed by atoms with Gasteiger partial charge in [0.2, 0.25) is 5.95 Å². The molecule has 0 aliphatic heterocycles. The van der Waals surface area contributed by atoms with E-state index in [4.69, 9.17) is 9.72 Å². The Labute approximate surface area is 177 Å². The average molecular weight is 412 g/mol. The van der Waals surface area contributed by atoms with E-state index in [1.54, 1.807) is 25.4 Å². The standard InChI is InChI=1S/C23H20N6O2/c1-24-22(30)20-13-17(8-10-26-20)31-16-5-6-21-19(12-16)28-23(29(21)2)27-15-4-3-14-7-9-25-18(14)11-15/h3-13,25H,1-2H3,(H,24,30)(H,27,28). The zero-order valence-corrected chi connectivity index (χ0v) is 17.0. The third-order valence-electron chi connectivity index (χ3n) is 5.09. The average Bonchev–Trinajstić information content (AvgIpc) is 3.37. The van der Waals surface area contributed by atoms with Crippen molar-refractivity contribution in [3.8, 4) is 11.5 Å². The second-order valence-electron chi connectivity index (χ2n) is 7.11. The minimum absolute atomic E-state index is 0.265. The van der Waals surface area contributed by atoms with E-state index in [0.717, 1.165) is 33.6 Å². The fourth-order valence-corrected chi connectivity index (χ4v) is 3.47. The Morgan fingerprint density at radius 2 is 1.94 bits per heavy atom. The first-order valence-electron chi connectivity index (χ1n) is 9.77. The molecule has 0 aliphatic carbocycles. The molecule has 2 aromatic carbocycles. The van der Waals surface area contributed by atoms with Crippen LogP contribution < -0.4 is 15.4 Å². The van der Waals surface area contributed by atoms with Gasteiger partial charge in [0, 0.05) is 49.8 Å². The molecule has 0 saturated heterocycles. The number of benzene rings is 2. The first kappa shape index (κ1) is 18.7. The number of aromatic nitrogens is 4. The Hall–Kier alpha value is -4.33. The van der Waals surface area contributed by atoms with E-state index in [2.05, 4.69) is 32.7 Å². The van der Waals surface area contributed by atoms with Crippen LogP contribution in [0.2, 0.25) is 0 Å². The van der Waals surface area contributed by atoms with Crippen LogP contribution in [0.5, 0.6) is 11.5 Å². The van der Waals surface area contributed by atoms with Crippen molar-refractivity contribution in [2.24, 2.45) is 7.05 Å². The van der Waals surface area contributed by atoms with Crippen molar-refractivity contribution in [3.05, 3.63) is 72.7 Å². The van der Waals surface area contributed by atoms with Gasteiger partial charge >= 0.3 is 0 Å². The van der Waals surface area contributed by atoms with Crippen LogP contribution in [0.4, 0.5) is 11.6 Å². The molecule has 0 atom stereocenters. The van der Waals surface area contributed by atoms with Gasteiger partial charge in [-0.2, -0.15) is 0 Å². The number of pyridine rings is 1. The van der Waals surface area contributed by atoms with Gasteiger partial charge in [0.1, 0.15) is 17.2 Å². The number of ether oxygens (including phenoxy) is 1. The Bertz CT molecular complexity index is 1420. The fraction of sp³-hybridized carbons (Fsp3) is 0.0870. The molecule has 8 heteroatoms. The molecule has 3 heterocycles. The highest BCUT2D eigenvalue weighted by Gasteiger charge is 2.11. The molecule has 0 saturated carbocycles. The molecule has 0 radical (unpaired) electrons. The van der Waals surface area contributed by atoms with Crippen molar-refractivity contribution in [2.75, 3.05) is 12.4 Å². The van der Waals surface area contributed by atoms with Crippen molar-refractivity contribution in [1.82, 2.24) is 24.8 Å². The molecular weight excluding hydrogens is 392 g/mol. The second-order valence-corrected chi connectivity index (χ2v) is 7.11. The molecule has 3 N–H and O–H groups in total. The predicted molar refractivity (Wildman–Crippen MR) is 120 cm³/mol. The van der Waals surface area contributed by atoms with Gasteiger partial charge in [0.05, 0.1) is 11.0 Å². The van der Waals surface area contributed by atoms with E-state index in [-0.39, 0.29) is 5.91 Å². The maximum Gasteiger partial charge on any atom is 0.269 e. The molecule has 154 valence electrons. The maximum absolute atomic E-state index is 11.8. The van der Waals surface area contributed by atoms with E-state index in [1.807, 2.05) is 48.1 Å². The number of anilines is 2. The number of nitrogens with zero attached hydrogens (tertiary/aromatic N) is 3. The smallest absolute Gasteiger partial charge is 0.269 e. The molecule has 5 aromatic rings. The molecule has 5 rings (SSSR count). The minimum Gasteiger partial charge on any atom is -0.457 e. The number of hydrogen-bond donors (Lipinski definition) is 3. The van der Waals surface area contributed by atoms with E-state index in [9.17, 15) is 4.79 Å². The van der Waals surface area contributed by atoms with Crippen LogP contribution in [0.15, 0.2) is 67.0 Å². The lowest BCUT2D eigenvalue weighted by atomic mass is 10.2. The predicted octanol–water partition coefficient (Wildman–Crippen LogP) is 4.35. The Morgan fingerprint density at radius 3 is 2.81 bits per heavy atom. The van der Waals surface area contributed by atoms with Gasteiger partial charge in [0.15, 0.2) is 0 Å². The first-order valence-corrected chi connectivity index (χ1v) is 9.77. The Kier molecular flexibility index (Phi) is 4.51. The summed E-state index contributed by atoms with van der Waals surface area (Å²) in [4.78, 5) is 23.8. The zero-order valence-electron chi connectivity index (χ0n) is 17.0. The number of hydrogen-bond acceptors (Lipinski definition) is 5. The number of aryl methyl sites for hydroxylation is 1. The summed E-state index contributed by atoms with van der Waals surface area (Å²) in [6.07, 6.45) is 3.47. The summed E-state index contributed by atoms with van der Waals surface area (Å²) in [6.45, 7) is 0. The lowest BCUT2D eigenvalue weighted by Gasteiger charge is -2.07. The molecule has 0 fully saturated rings. The lowest BCUT2D eigenvalue weighted by Crippen LogP contribution is -2.18. The summed E-state index contributed by atoms with van der Waals surface area (Å²) in [5.41, 5.74) is 4.07. The molecule has 0 spiro atoms. The number of amides is 1. The molecule has 0 unspecified atom stereocenters. The highest BCUT2D eigenvalue weighted by molar-refractivity contribution is 5.92. The van der Waals surface area contributed by atoms with Crippen molar-refractivity contribution in [3.63, 3.8) is 0 Å². The highest BCUT2D eigenvalue weighted by atomic mass is 16.5. The van der Waals surface area contributed by atoms with Gasteiger partial charge < -0.3 is 24.9 Å². The van der Waals surface area contributed by atoms with Crippen molar-refractivity contribution in [1.29, 1.82) is 0 Å². The third-order valence-corrected chi connectivity index (χ3v) is 5.09. The molecule has 3 aromatic heterocycles. The zero-order chi connectivity index (χ0) is 21.4. The number of H-pyrrole nitrogens is 1. The monoisotopic (exact) mass is 412 g/mol. The molecule has 8 nitrogen and oxygen atoms in total. The summed E-state index contributed by atoms with van der Waals surface area (Å²) in [5.74, 6) is 1.61. The number of nitrogens with one attached hydrogen (secondary N) is 3. The van der Waals surface area contributed by atoms with E-state index >= 15 is 0 Å². The number of rotatable bonds is 5. The highest BCUT2D eigenvalue weighted by Crippen LogP contribution is 2.28. The Balaban J connectivity index is 1.42. The van der Waals surface area contributed by atoms with E-state index in [1.165, 1.54) is 0 Å². The third kappa shape index (κ3) is 3.55. The van der Waals surface area contributed by atoms with Gasteiger partial charge in [-0.1, -0.05) is 6.07 Å². The van der Waals surface area contributed by atoms with Gasteiger partial charge in [-0.25, -0.2) is 4.98 Å². The molecule has 1 amide bonds. The number of imidazole rings is 1. The summed E-state index contributed by atoms with van der Waals surface area (Å²) >= 11 is 0. The van der Waals surface area contributed by atoms with Crippen LogP contribution in [0.1, 0.15) is 10.5 Å². The summed E-state index contributed by atoms with van der Waals surface area (Å²) in [7, 11) is 3.53. The lowest BCUT2D eigenvalue weighted by molar-refractivity contribution is 0.0958. The SMILES string of the molecule is CNC(=O)c1cc(Oc2ccc3c(c2)nc(Nc2ccc4cc[nH]c4c2)n3C)ccn1. The Morgan fingerprint density at radius 1 is 1.06 bits per heavy atom. The molecule has 31 heavy (non-hydrogen) atoms. The second kappa shape index (κ2) is 7.49. The minimum atomic E-state index is -0.265. The van der Waals surface area contributed by atoms with Gasteiger partial charge in [0.25, 0.3) is 5.91 Å². The number of fused-ring (bicyclic) bond motifs is 2. The first-order chi connectivity index (χ1) is 15.1. The van der Waals surface area contributed by atoms with Crippen LogP contribution in [0.3, 0.4) is 0 Å². The van der Waals surface area contributed by atoms with Crippen LogP contribution in [-0.4, -0.2) is 32.5 Å². The number of carbonyl (C=O) groups excluding carboxylic acids is 1. The topological polar surface area (TPSA) is 96.9 Å². The molecule has 0 bridgehead atoms. The summed E-state index contributed by atoms with van der Waals surface area (Å²) < 4.78 is 7.93. The maximum atomic E-state index is 11.8. The fourth-order valence-electron chi connectivity index (χ4n) is 3.47. The van der Waals surface area contributed by atoms with Gasteiger partial charge in [-0.3, -0.25) is 9.78 Å². The normalized spacial score (nSPS) is 11.0. The van der Waals surface area contributed by atoms with Crippen molar-refractivity contribution >= 4 is 39.5 Å². The summed E-state index contributed by atoms with van der Waals surface area (Å²) in [5, 5.41) is 7.09. The van der Waals surface area contributed by atoms with Crippen LogP contribution in [0, 0.1) is 0 Å². The van der Waals surface area contributed by atoms with E-state index in [0.29, 0.717) is 17.2 Å². The molecule has 0 aliphatic rings. The summed E-state index contributed by atoms with van der Waals surface area (Å²) in [6, 6.07) is 17.2. The molecular formula is C23H20N6O2. The van der Waals surface area contributed by atoms with Crippen molar-refractivity contribution < 1.29 is 9.53 Å². The van der Waals surface area contributed by atoms with Crippen LogP contribution >= 0.6 is 0 Å². The largest absolute Gasteiger partial charge is 0.457 e. The quantitative estimate of drug-likeness (QED) is 0.399. The number of carbonyl (C=O) groups is 1. The van der Waals surface area contributed by atoms with Gasteiger partial charge in [-0.05, 0) is 41.8 Å². The van der Waals surface area contributed by atoms with E-state index < -0.39 is 0 Å².